The largest absolute Gasteiger partial charge is 0.507 e. The van der Waals surface area contributed by atoms with E-state index in [1.165, 1.54) is 4.90 Å². The van der Waals surface area contributed by atoms with Gasteiger partial charge in [-0.1, -0.05) is 65.0 Å². The Morgan fingerprint density at radius 1 is 1.03 bits per heavy atom. The molecule has 2 heterocycles. The van der Waals surface area contributed by atoms with Gasteiger partial charge in [-0.3, -0.25) is 14.6 Å². The van der Waals surface area contributed by atoms with E-state index in [1.54, 1.807) is 42.7 Å². The van der Waals surface area contributed by atoms with E-state index in [0.29, 0.717) is 23.8 Å². The summed E-state index contributed by atoms with van der Waals surface area (Å²) in [4.78, 5) is 32.2. The van der Waals surface area contributed by atoms with Gasteiger partial charge in [0.15, 0.2) is 0 Å². The van der Waals surface area contributed by atoms with Gasteiger partial charge in [-0.15, -0.1) is 0 Å². The topological polar surface area (TPSA) is 79.7 Å². The molecule has 4 rings (SSSR count). The molecule has 0 spiro atoms. The zero-order valence-electron chi connectivity index (χ0n) is 22.1. The lowest BCUT2D eigenvalue weighted by Gasteiger charge is -2.26. The zero-order chi connectivity index (χ0) is 26.7. The number of Topliss-reactive ketones (excluding diaryl/α,β-unsaturated/α-hetero) is 1. The number of pyridine rings is 1. The van der Waals surface area contributed by atoms with Crippen molar-refractivity contribution in [1.29, 1.82) is 0 Å². The van der Waals surface area contributed by atoms with Gasteiger partial charge in [0.2, 0.25) is 0 Å². The summed E-state index contributed by atoms with van der Waals surface area (Å²) in [5.41, 5.74) is 3.18. The van der Waals surface area contributed by atoms with Crippen LogP contribution >= 0.6 is 0 Å². The average Bonchev–Trinajstić information content (AvgIpc) is 3.12. The van der Waals surface area contributed by atoms with Gasteiger partial charge in [-0.05, 0) is 58.4 Å². The van der Waals surface area contributed by atoms with Crippen LogP contribution in [-0.2, 0) is 21.5 Å². The number of benzene rings is 2. The fraction of sp³-hybridized carbons (Fsp3) is 0.323. The van der Waals surface area contributed by atoms with Crippen LogP contribution in [0.15, 0.2) is 78.6 Å². The number of aliphatic hydroxyl groups is 1. The number of aliphatic hydroxyl groups excluding tert-OH is 1. The van der Waals surface area contributed by atoms with Crippen LogP contribution in [0.2, 0.25) is 0 Å². The van der Waals surface area contributed by atoms with Crippen LogP contribution in [0.3, 0.4) is 0 Å². The van der Waals surface area contributed by atoms with Gasteiger partial charge in [0, 0.05) is 24.5 Å². The monoisotopic (exact) mass is 498 g/mol. The number of aromatic nitrogens is 1. The Kier molecular flexibility index (Phi) is 7.48. The van der Waals surface area contributed by atoms with Crippen molar-refractivity contribution in [1.82, 2.24) is 9.88 Å². The third kappa shape index (κ3) is 5.74. The molecular formula is C31H34N2O4. The number of likely N-dealkylation sites (tertiary alicyclic amines) is 1. The quantitative estimate of drug-likeness (QED) is 0.244. The number of carbonyl (C=O) groups is 2. The highest BCUT2D eigenvalue weighted by molar-refractivity contribution is 6.46. The molecule has 1 unspecified atom stereocenters. The van der Waals surface area contributed by atoms with Crippen molar-refractivity contribution in [3.63, 3.8) is 0 Å². The zero-order valence-corrected chi connectivity index (χ0v) is 22.1. The molecule has 6 nitrogen and oxygen atoms in total. The van der Waals surface area contributed by atoms with Gasteiger partial charge < -0.3 is 14.7 Å². The smallest absolute Gasteiger partial charge is 0.295 e. The van der Waals surface area contributed by atoms with Crippen LogP contribution in [0, 0.1) is 5.92 Å². The van der Waals surface area contributed by atoms with Crippen LogP contribution in [0.25, 0.3) is 5.76 Å². The number of carbonyl (C=O) groups excluding carboxylic acids is 2. The lowest BCUT2D eigenvalue weighted by Crippen LogP contribution is -2.29. The van der Waals surface area contributed by atoms with Crippen molar-refractivity contribution in [2.45, 2.75) is 52.6 Å². The summed E-state index contributed by atoms with van der Waals surface area (Å²) in [6.07, 6.45) is 3.34. The number of hydrogen-bond acceptors (Lipinski definition) is 5. The van der Waals surface area contributed by atoms with Crippen LogP contribution in [0.1, 0.15) is 62.9 Å². The van der Waals surface area contributed by atoms with Crippen molar-refractivity contribution in [3.05, 3.63) is 101 Å². The molecule has 1 fully saturated rings. The number of ether oxygens (including phenoxy) is 1. The molecule has 1 atom stereocenters. The van der Waals surface area contributed by atoms with Crippen molar-refractivity contribution >= 4 is 17.4 Å². The van der Waals surface area contributed by atoms with Crippen molar-refractivity contribution in [2.24, 2.45) is 5.92 Å². The summed E-state index contributed by atoms with van der Waals surface area (Å²) < 4.78 is 5.75. The number of amides is 1. The molecule has 6 heteroatoms. The van der Waals surface area contributed by atoms with Crippen LogP contribution < -0.4 is 4.74 Å². The molecule has 1 aliphatic heterocycles. The fourth-order valence-corrected chi connectivity index (χ4v) is 4.37. The minimum atomic E-state index is -0.730. The fourth-order valence-electron chi connectivity index (χ4n) is 4.37. The second-order valence-electron chi connectivity index (χ2n) is 10.9. The maximum atomic E-state index is 13.3. The maximum Gasteiger partial charge on any atom is 0.295 e. The van der Waals surface area contributed by atoms with Gasteiger partial charge in [0.1, 0.15) is 11.5 Å². The Balaban J connectivity index is 1.77. The first-order valence-corrected chi connectivity index (χ1v) is 12.6. The van der Waals surface area contributed by atoms with Crippen LogP contribution in [0.4, 0.5) is 0 Å². The van der Waals surface area contributed by atoms with E-state index in [1.807, 2.05) is 30.3 Å². The van der Waals surface area contributed by atoms with E-state index in [-0.39, 0.29) is 23.3 Å². The highest BCUT2D eigenvalue weighted by atomic mass is 16.5. The Bertz CT molecular complexity index is 1290. The number of hydrogen-bond donors (Lipinski definition) is 1. The molecule has 1 aliphatic rings. The molecular weight excluding hydrogens is 464 g/mol. The molecule has 0 aliphatic carbocycles. The van der Waals surface area contributed by atoms with Crippen molar-refractivity contribution in [3.8, 4) is 5.75 Å². The van der Waals surface area contributed by atoms with Gasteiger partial charge in [-0.2, -0.15) is 0 Å². The molecule has 0 bridgehead atoms. The number of ketones is 1. The normalized spacial score (nSPS) is 17.5. The van der Waals surface area contributed by atoms with E-state index in [4.69, 9.17) is 4.74 Å². The highest BCUT2D eigenvalue weighted by Crippen LogP contribution is 2.41. The van der Waals surface area contributed by atoms with Gasteiger partial charge in [0.05, 0.1) is 18.2 Å². The van der Waals surface area contributed by atoms with Gasteiger partial charge >= 0.3 is 0 Å². The van der Waals surface area contributed by atoms with Crippen LogP contribution in [-0.4, -0.2) is 33.3 Å². The van der Waals surface area contributed by atoms with E-state index in [9.17, 15) is 14.7 Å². The maximum absolute atomic E-state index is 13.3. The summed E-state index contributed by atoms with van der Waals surface area (Å²) in [6.45, 7) is 11.3. The Hall–Kier alpha value is -3.93. The van der Waals surface area contributed by atoms with E-state index >= 15 is 0 Å². The number of rotatable bonds is 7. The highest BCUT2D eigenvalue weighted by Gasteiger charge is 2.46. The van der Waals surface area contributed by atoms with Crippen molar-refractivity contribution in [2.75, 3.05) is 6.61 Å². The van der Waals surface area contributed by atoms with E-state index in [0.717, 1.165) is 16.7 Å². The third-order valence-electron chi connectivity index (χ3n) is 6.42. The number of nitrogens with zero attached hydrogens (tertiary/aromatic N) is 2. The summed E-state index contributed by atoms with van der Waals surface area (Å²) in [7, 11) is 0. The first-order valence-electron chi connectivity index (χ1n) is 12.6. The van der Waals surface area contributed by atoms with E-state index in [2.05, 4.69) is 39.6 Å². The lowest BCUT2D eigenvalue weighted by molar-refractivity contribution is -0.140. The molecule has 1 N–H and O–H groups in total. The Labute approximate surface area is 218 Å². The standard InChI is InChI=1S/C31H34N2O4/c1-20(2)19-37-25-14-10-23(11-15-25)28(34)26-27(22-8-12-24(13-9-22)31(3,4)5)33(30(36)29(26)35)18-21-7-6-16-32-17-21/h6-17,20,27,34H,18-19H2,1-5H3/b28-26+. The van der Waals surface area contributed by atoms with Crippen LogP contribution in [0.5, 0.6) is 5.75 Å². The minimum Gasteiger partial charge on any atom is -0.507 e. The summed E-state index contributed by atoms with van der Waals surface area (Å²) in [5.74, 6) is -0.490. The molecule has 2 aromatic carbocycles. The van der Waals surface area contributed by atoms with E-state index < -0.39 is 17.7 Å². The molecule has 1 amide bonds. The Morgan fingerprint density at radius 2 is 1.70 bits per heavy atom. The molecule has 1 aromatic heterocycles. The van der Waals surface area contributed by atoms with Gasteiger partial charge in [-0.25, -0.2) is 0 Å². The second-order valence-corrected chi connectivity index (χ2v) is 10.9. The predicted molar refractivity (Wildman–Crippen MR) is 144 cm³/mol. The SMILES string of the molecule is CC(C)COc1ccc(/C(O)=C2\C(=O)C(=O)N(Cc3cccnc3)C2c2ccc(C(C)(C)C)cc2)cc1. The van der Waals surface area contributed by atoms with Crippen molar-refractivity contribution < 1.29 is 19.4 Å². The molecule has 3 aromatic rings. The average molecular weight is 499 g/mol. The molecule has 1 saturated heterocycles. The summed E-state index contributed by atoms with van der Waals surface area (Å²) >= 11 is 0. The van der Waals surface area contributed by atoms with Gasteiger partial charge in [0.25, 0.3) is 11.7 Å². The second kappa shape index (κ2) is 10.6. The summed E-state index contributed by atoms with van der Waals surface area (Å²) in [5, 5.41) is 11.3. The molecule has 0 radical (unpaired) electrons. The minimum absolute atomic E-state index is 0.0462. The molecule has 0 saturated carbocycles. The predicted octanol–water partition coefficient (Wildman–Crippen LogP) is 6.04. The molecule has 37 heavy (non-hydrogen) atoms. The lowest BCUT2D eigenvalue weighted by atomic mass is 9.85. The summed E-state index contributed by atoms with van der Waals surface area (Å²) in [6, 6.07) is 17.8. The first kappa shape index (κ1) is 26.1. The first-order chi connectivity index (χ1) is 17.6. The Morgan fingerprint density at radius 3 is 2.27 bits per heavy atom. The third-order valence-corrected chi connectivity index (χ3v) is 6.42. The molecule has 192 valence electrons.